The third-order valence-electron chi connectivity index (χ3n) is 4.31. The first-order valence-electron chi connectivity index (χ1n) is 8.14. The van der Waals surface area contributed by atoms with E-state index in [0.717, 1.165) is 0 Å². The van der Waals surface area contributed by atoms with E-state index in [1.165, 1.54) is 29.2 Å². The van der Waals surface area contributed by atoms with Crippen molar-refractivity contribution in [1.82, 2.24) is 4.90 Å². The summed E-state index contributed by atoms with van der Waals surface area (Å²) in [6.45, 7) is 3.65. The lowest BCUT2D eigenvalue weighted by atomic mass is 9.95. The number of amides is 1. The summed E-state index contributed by atoms with van der Waals surface area (Å²) in [5.41, 5.74) is 0.470. The molecule has 0 spiro atoms. The van der Waals surface area contributed by atoms with Crippen LogP contribution in [0.5, 0.6) is 0 Å². The van der Waals surface area contributed by atoms with Crippen LogP contribution in [0.15, 0.2) is 72.8 Å². The fraction of sp³-hybridized carbons (Fsp3) is 0.100. The number of carbonyl (C=O) groups excluding carboxylic acids is 2. The molecule has 0 aliphatic carbocycles. The summed E-state index contributed by atoms with van der Waals surface area (Å²) in [5.74, 6) is -1.95. The normalized spacial score (nSPS) is 18.5. The van der Waals surface area contributed by atoms with E-state index in [2.05, 4.69) is 6.58 Å². The number of likely N-dealkylation sites (tertiary alicyclic amines) is 1. The van der Waals surface area contributed by atoms with Gasteiger partial charge in [-0.1, -0.05) is 48.5 Å². The minimum Gasteiger partial charge on any atom is -0.507 e. The molecule has 3 rings (SSSR count). The Bertz CT molecular complexity index is 965. The first-order valence-corrected chi connectivity index (χ1v) is 8.14. The first-order chi connectivity index (χ1) is 13.0. The van der Waals surface area contributed by atoms with Gasteiger partial charge in [0, 0.05) is 24.2 Å². The van der Waals surface area contributed by atoms with Crippen LogP contribution in [0.2, 0.25) is 0 Å². The van der Waals surface area contributed by atoms with Crippen LogP contribution >= 0.6 is 0 Å². The van der Waals surface area contributed by atoms with Crippen LogP contribution in [0.3, 0.4) is 0 Å². The van der Waals surface area contributed by atoms with Crippen molar-refractivity contribution in [2.24, 2.45) is 0 Å². The topological polar surface area (TPSA) is 101 Å². The lowest BCUT2D eigenvalue weighted by Gasteiger charge is -2.23. The molecule has 1 unspecified atom stereocenters. The van der Waals surface area contributed by atoms with Crippen LogP contribution in [0, 0.1) is 10.1 Å². The molecule has 1 atom stereocenters. The monoisotopic (exact) mass is 364 g/mol. The Kier molecular flexibility index (Phi) is 4.85. The smallest absolute Gasteiger partial charge is 0.295 e. The van der Waals surface area contributed by atoms with Crippen molar-refractivity contribution in [3.05, 3.63) is 94.1 Å². The molecule has 2 aromatic rings. The molecule has 1 aliphatic rings. The summed E-state index contributed by atoms with van der Waals surface area (Å²) >= 11 is 0. The highest BCUT2D eigenvalue weighted by atomic mass is 16.6. The fourth-order valence-electron chi connectivity index (χ4n) is 3.11. The number of non-ortho nitro benzene ring substituents is 1. The highest BCUT2D eigenvalue weighted by Gasteiger charge is 2.45. The second kappa shape index (κ2) is 7.25. The number of aliphatic hydroxyl groups excluding tert-OH is 1. The molecule has 7 heteroatoms. The van der Waals surface area contributed by atoms with Crippen molar-refractivity contribution in [2.45, 2.75) is 6.04 Å². The van der Waals surface area contributed by atoms with Crippen molar-refractivity contribution in [3.63, 3.8) is 0 Å². The SMILES string of the molecule is C=CCN1C(=O)C(=O)/C(=C(/O)c2ccccc2)C1c1cccc([N+](=O)[O-])c1. The van der Waals surface area contributed by atoms with E-state index >= 15 is 0 Å². The van der Waals surface area contributed by atoms with Gasteiger partial charge in [0.05, 0.1) is 16.5 Å². The lowest BCUT2D eigenvalue weighted by Crippen LogP contribution is -2.29. The Morgan fingerprint density at radius 1 is 1.19 bits per heavy atom. The summed E-state index contributed by atoms with van der Waals surface area (Å²) in [7, 11) is 0. The molecule has 0 radical (unpaired) electrons. The van der Waals surface area contributed by atoms with Gasteiger partial charge in [-0.2, -0.15) is 0 Å². The number of nitro groups is 1. The lowest BCUT2D eigenvalue weighted by molar-refractivity contribution is -0.384. The summed E-state index contributed by atoms with van der Waals surface area (Å²) in [6.07, 6.45) is 1.46. The van der Waals surface area contributed by atoms with E-state index in [9.17, 15) is 24.8 Å². The van der Waals surface area contributed by atoms with E-state index in [1.807, 2.05) is 0 Å². The Hall–Kier alpha value is -3.74. The molecule has 7 nitrogen and oxygen atoms in total. The van der Waals surface area contributed by atoms with Crippen molar-refractivity contribution in [3.8, 4) is 0 Å². The summed E-state index contributed by atoms with van der Waals surface area (Å²) in [6, 6.07) is 13.1. The van der Waals surface area contributed by atoms with Gasteiger partial charge in [-0.15, -0.1) is 6.58 Å². The summed E-state index contributed by atoms with van der Waals surface area (Å²) in [4.78, 5) is 36.9. The molecule has 1 fully saturated rings. The molecule has 1 saturated heterocycles. The van der Waals surface area contributed by atoms with Crippen LogP contribution in [0.25, 0.3) is 5.76 Å². The number of nitro benzene ring substituents is 1. The highest BCUT2D eigenvalue weighted by Crippen LogP contribution is 2.39. The molecule has 1 aliphatic heterocycles. The Balaban J connectivity index is 2.22. The number of hydrogen-bond donors (Lipinski definition) is 1. The van der Waals surface area contributed by atoms with Gasteiger partial charge in [0.15, 0.2) is 0 Å². The number of benzene rings is 2. The standard InChI is InChI=1S/C20H16N2O5/c1-2-11-21-17(14-9-6-10-15(12-14)22(26)27)16(19(24)20(21)25)18(23)13-7-4-3-5-8-13/h2-10,12,17,23H,1,11H2/b18-16+. The van der Waals surface area contributed by atoms with Crippen LogP contribution in [-0.4, -0.2) is 33.2 Å². The quantitative estimate of drug-likeness (QED) is 0.219. The number of nitrogens with zero attached hydrogens (tertiary/aromatic N) is 2. The van der Waals surface area contributed by atoms with Gasteiger partial charge in [0.1, 0.15) is 5.76 Å². The van der Waals surface area contributed by atoms with Crippen molar-refractivity contribution in [2.75, 3.05) is 6.54 Å². The number of hydrogen-bond acceptors (Lipinski definition) is 5. The van der Waals surface area contributed by atoms with Gasteiger partial charge in [-0.3, -0.25) is 19.7 Å². The van der Waals surface area contributed by atoms with Crippen LogP contribution in [0.4, 0.5) is 5.69 Å². The molecule has 0 aromatic heterocycles. The van der Waals surface area contributed by atoms with Gasteiger partial charge in [-0.25, -0.2) is 0 Å². The average molecular weight is 364 g/mol. The van der Waals surface area contributed by atoms with Crippen molar-refractivity contribution < 1.29 is 19.6 Å². The maximum absolute atomic E-state index is 12.6. The molecular weight excluding hydrogens is 348 g/mol. The van der Waals surface area contributed by atoms with Gasteiger partial charge >= 0.3 is 0 Å². The average Bonchev–Trinajstić information content (AvgIpc) is 2.93. The Labute approximate surface area is 155 Å². The Morgan fingerprint density at radius 2 is 1.89 bits per heavy atom. The first kappa shape index (κ1) is 18.1. The van der Waals surface area contributed by atoms with Gasteiger partial charge in [0.2, 0.25) is 0 Å². The van der Waals surface area contributed by atoms with E-state index in [1.54, 1.807) is 36.4 Å². The zero-order valence-corrected chi connectivity index (χ0v) is 14.2. The van der Waals surface area contributed by atoms with Crippen LogP contribution in [-0.2, 0) is 9.59 Å². The molecule has 27 heavy (non-hydrogen) atoms. The molecule has 1 amide bonds. The maximum Gasteiger partial charge on any atom is 0.295 e. The zero-order chi connectivity index (χ0) is 19.6. The molecular formula is C20H16N2O5. The minimum absolute atomic E-state index is 0.0590. The Morgan fingerprint density at radius 3 is 2.52 bits per heavy atom. The van der Waals surface area contributed by atoms with E-state index in [4.69, 9.17) is 0 Å². The second-order valence-electron chi connectivity index (χ2n) is 5.96. The summed E-state index contributed by atoms with van der Waals surface area (Å²) in [5, 5.41) is 21.8. The largest absolute Gasteiger partial charge is 0.507 e. The molecule has 0 saturated carbocycles. The van der Waals surface area contributed by atoms with Gasteiger partial charge in [0.25, 0.3) is 17.4 Å². The summed E-state index contributed by atoms with van der Waals surface area (Å²) < 4.78 is 0. The third kappa shape index (κ3) is 3.22. The maximum atomic E-state index is 12.6. The van der Waals surface area contributed by atoms with Gasteiger partial charge in [-0.05, 0) is 5.56 Å². The van der Waals surface area contributed by atoms with Crippen LogP contribution < -0.4 is 0 Å². The van der Waals surface area contributed by atoms with Crippen molar-refractivity contribution >= 4 is 23.1 Å². The third-order valence-corrected chi connectivity index (χ3v) is 4.31. The zero-order valence-electron chi connectivity index (χ0n) is 14.2. The highest BCUT2D eigenvalue weighted by molar-refractivity contribution is 6.46. The molecule has 1 N–H and O–H groups in total. The molecule has 2 aromatic carbocycles. The second-order valence-corrected chi connectivity index (χ2v) is 5.96. The predicted octanol–water partition coefficient (Wildman–Crippen LogP) is 3.20. The number of aliphatic hydroxyl groups is 1. The fourth-order valence-corrected chi connectivity index (χ4v) is 3.11. The molecule has 0 bridgehead atoms. The van der Waals surface area contributed by atoms with Crippen molar-refractivity contribution in [1.29, 1.82) is 0 Å². The molecule has 1 heterocycles. The van der Waals surface area contributed by atoms with E-state index in [0.29, 0.717) is 11.1 Å². The number of Topliss-reactive ketones (excluding diaryl/α,β-unsaturated/α-hetero) is 1. The van der Waals surface area contributed by atoms with Crippen LogP contribution in [0.1, 0.15) is 17.2 Å². The van der Waals surface area contributed by atoms with E-state index in [-0.39, 0.29) is 23.6 Å². The number of ketones is 1. The molecule has 136 valence electrons. The number of carbonyl (C=O) groups is 2. The van der Waals surface area contributed by atoms with E-state index < -0.39 is 22.7 Å². The van der Waals surface area contributed by atoms with Gasteiger partial charge < -0.3 is 10.0 Å². The minimum atomic E-state index is -0.942. The predicted molar refractivity (Wildman–Crippen MR) is 98.7 cm³/mol. The number of rotatable bonds is 5.